The number of allylic oxidation sites excluding steroid dienone is 2. The van der Waals surface area contributed by atoms with Gasteiger partial charge in [0, 0.05) is 30.2 Å². The molecule has 9 heteroatoms. The molecule has 2 heterocycles. The number of rotatable bonds is 8. The number of oxime groups is 1. The Balaban J connectivity index is 1.61. The van der Waals surface area contributed by atoms with E-state index in [9.17, 15) is 4.79 Å². The first-order chi connectivity index (χ1) is 14.1. The minimum Gasteiger partial charge on any atom is -0.503 e. The molecule has 0 N–H and O–H groups in total. The monoisotopic (exact) mass is 416 g/mol. The summed E-state index contributed by atoms with van der Waals surface area (Å²) in [6.45, 7) is 2.30. The first-order valence-electron chi connectivity index (χ1n) is 9.01. The van der Waals surface area contributed by atoms with Crippen molar-refractivity contribution >= 4 is 35.9 Å². The zero-order valence-corrected chi connectivity index (χ0v) is 17.7. The summed E-state index contributed by atoms with van der Waals surface area (Å²) in [5.74, 6) is -0.477. The Morgan fingerprint density at radius 2 is 2.14 bits per heavy atom. The average Bonchev–Trinajstić information content (AvgIpc) is 3.24. The van der Waals surface area contributed by atoms with Crippen LogP contribution in [0.4, 0.5) is 0 Å². The summed E-state index contributed by atoms with van der Waals surface area (Å²) in [7, 11) is 4.82. The van der Waals surface area contributed by atoms with Gasteiger partial charge in [0.1, 0.15) is 18.5 Å². The summed E-state index contributed by atoms with van der Waals surface area (Å²) >= 11 is 1.77. The molecule has 2 aliphatic heterocycles. The van der Waals surface area contributed by atoms with Gasteiger partial charge in [-0.25, -0.2) is 9.80 Å². The maximum Gasteiger partial charge on any atom is 0.341 e. The molecule has 0 radical (unpaired) electrons. The summed E-state index contributed by atoms with van der Waals surface area (Å²) in [5, 5.41) is 10.5. The van der Waals surface area contributed by atoms with Gasteiger partial charge in [-0.15, -0.1) is 0 Å². The van der Waals surface area contributed by atoms with Gasteiger partial charge in [-0.3, -0.25) is 0 Å². The normalized spacial score (nSPS) is 18.6. The highest BCUT2D eigenvalue weighted by Gasteiger charge is 2.35. The fourth-order valence-electron chi connectivity index (χ4n) is 3.03. The lowest BCUT2D eigenvalue weighted by Gasteiger charge is -2.21. The highest BCUT2D eigenvalue weighted by atomic mass is 32.2. The largest absolute Gasteiger partial charge is 0.503 e. The van der Waals surface area contributed by atoms with Crippen LogP contribution in [0.1, 0.15) is 24.5 Å². The molecule has 0 bridgehead atoms. The number of esters is 1. The van der Waals surface area contributed by atoms with Crippen molar-refractivity contribution in [2.45, 2.75) is 25.4 Å². The predicted molar refractivity (Wildman–Crippen MR) is 114 cm³/mol. The van der Waals surface area contributed by atoms with Gasteiger partial charge in [-0.2, -0.15) is 5.10 Å². The van der Waals surface area contributed by atoms with Crippen LogP contribution in [0, 0.1) is 0 Å². The maximum atomic E-state index is 12.1. The number of nitrogens with zero attached hydrogens (tertiary/aromatic N) is 4. The van der Waals surface area contributed by atoms with Crippen LogP contribution < -0.4 is 0 Å². The number of fused-ring (bicyclic) bond motifs is 1. The van der Waals surface area contributed by atoms with Crippen LogP contribution in [-0.2, 0) is 25.7 Å². The molecule has 1 aromatic rings. The second-order valence-corrected chi connectivity index (χ2v) is 7.64. The van der Waals surface area contributed by atoms with Crippen LogP contribution in [0.2, 0.25) is 0 Å². The molecular formula is C20H24N4O4S. The second-order valence-electron chi connectivity index (χ2n) is 6.37. The molecule has 0 saturated carbocycles. The number of hydrogen-bond acceptors (Lipinski definition) is 9. The third kappa shape index (κ3) is 4.56. The third-order valence-electron chi connectivity index (χ3n) is 4.48. The van der Waals surface area contributed by atoms with Crippen molar-refractivity contribution in [3.8, 4) is 0 Å². The molecular weight excluding hydrogens is 392 g/mol. The minimum absolute atomic E-state index is 0.190. The molecule has 2 aliphatic rings. The molecule has 154 valence electrons. The van der Waals surface area contributed by atoms with Crippen molar-refractivity contribution in [2.24, 2.45) is 10.3 Å². The van der Waals surface area contributed by atoms with Gasteiger partial charge in [0.25, 0.3) is 0 Å². The van der Waals surface area contributed by atoms with Crippen molar-refractivity contribution in [2.75, 3.05) is 21.3 Å². The topological polar surface area (TPSA) is 76.0 Å². The van der Waals surface area contributed by atoms with Crippen molar-refractivity contribution in [3.63, 3.8) is 0 Å². The zero-order valence-electron chi connectivity index (χ0n) is 16.9. The Kier molecular flexibility index (Phi) is 6.82. The molecule has 0 fully saturated rings. The summed E-state index contributed by atoms with van der Waals surface area (Å²) < 4.78 is 9.87. The van der Waals surface area contributed by atoms with Crippen molar-refractivity contribution in [1.82, 2.24) is 9.91 Å². The van der Waals surface area contributed by atoms with Gasteiger partial charge < -0.3 is 19.2 Å². The second kappa shape index (κ2) is 9.51. The predicted octanol–water partition coefficient (Wildman–Crippen LogP) is 3.19. The van der Waals surface area contributed by atoms with Gasteiger partial charge in [-0.1, -0.05) is 41.2 Å². The quantitative estimate of drug-likeness (QED) is 0.212. The summed E-state index contributed by atoms with van der Waals surface area (Å²) in [6.07, 6.45) is 5.54. The number of carbonyl (C=O) groups is 1. The van der Waals surface area contributed by atoms with Crippen molar-refractivity contribution in [1.29, 1.82) is 0 Å². The van der Waals surface area contributed by atoms with Gasteiger partial charge in [0.15, 0.2) is 5.50 Å². The van der Waals surface area contributed by atoms with E-state index >= 15 is 0 Å². The maximum absolute atomic E-state index is 12.1. The smallest absolute Gasteiger partial charge is 0.341 e. The van der Waals surface area contributed by atoms with Crippen molar-refractivity contribution < 1.29 is 19.1 Å². The molecule has 8 nitrogen and oxygen atoms in total. The van der Waals surface area contributed by atoms with E-state index in [0.29, 0.717) is 17.6 Å². The van der Waals surface area contributed by atoms with Crippen LogP contribution >= 0.6 is 11.8 Å². The van der Waals surface area contributed by atoms with E-state index in [1.54, 1.807) is 18.0 Å². The number of hydrazone groups is 1. The number of ether oxygens (including phenoxy) is 2. The highest BCUT2D eigenvalue weighted by Crippen LogP contribution is 2.41. The molecule has 29 heavy (non-hydrogen) atoms. The molecule has 3 rings (SSSR count). The van der Waals surface area contributed by atoms with E-state index in [1.807, 2.05) is 42.7 Å². The summed E-state index contributed by atoms with van der Waals surface area (Å²) in [6, 6.07) is 7.40. The Hall–Kier alpha value is -2.94. The average molecular weight is 417 g/mol. The first-order valence-corrected chi connectivity index (χ1v) is 9.89. The fourth-order valence-corrected chi connectivity index (χ4v) is 4.16. The summed E-state index contributed by atoms with van der Waals surface area (Å²) in [4.78, 5) is 20.8. The molecule has 0 saturated heterocycles. The van der Waals surface area contributed by atoms with E-state index in [1.165, 1.54) is 25.4 Å². The number of methoxy groups -OCH3 is 2. The van der Waals surface area contributed by atoms with Gasteiger partial charge in [0.05, 0.1) is 26.2 Å². The Morgan fingerprint density at radius 3 is 2.90 bits per heavy atom. The first kappa shape index (κ1) is 20.8. The Bertz CT molecular complexity index is 881. The molecule has 1 unspecified atom stereocenters. The Labute approximate surface area is 174 Å². The highest BCUT2D eigenvalue weighted by molar-refractivity contribution is 8.03. The minimum atomic E-state index is -0.477. The van der Waals surface area contributed by atoms with E-state index in [0.717, 1.165) is 11.3 Å². The van der Waals surface area contributed by atoms with Crippen LogP contribution in [0.25, 0.3) is 5.57 Å². The number of benzene rings is 1. The molecule has 0 spiro atoms. The lowest BCUT2D eigenvalue weighted by molar-refractivity contribution is -0.133. The molecule has 1 aromatic carbocycles. The lowest BCUT2D eigenvalue weighted by Crippen LogP contribution is -2.30. The van der Waals surface area contributed by atoms with Crippen molar-refractivity contribution in [3.05, 3.63) is 52.3 Å². The molecule has 0 aromatic heterocycles. The van der Waals surface area contributed by atoms with Gasteiger partial charge in [-0.05, 0) is 12.5 Å². The molecule has 0 aliphatic carbocycles. The number of thioether (sulfide) groups is 1. The van der Waals surface area contributed by atoms with Gasteiger partial charge >= 0.3 is 5.97 Å². The van der Waals surface area contributed by atoms with E-state index in [2.05, 4.69) is 22.1 Å². The molecule has 0 amide bonds. The third-order valence-corrected chi connectivity index (χ3v) is 5.82. The molecule has 1 atom stereocenters. The van der Waals surface area contributed by atoms with E-state index in [4.69, 9.17) is 14.3 Å². The van der Waals surface area contributed by atoms with Crippen LogP contribution in [0.15, 0.2) is 51.4 Å². The van der Waals surface area contributed by atoms with E-state index < -0.39 is 5.97 Å². The van der Waals surface area contributed by atoms with Crippen LogP contribution in [-0.4, -0.2) is 55.2 Å². The van der Waals surface area contributed by atoms with Gasteiger partial charge in [0.2, 0.25) is 0 Å². The lowest BCUT2D eigenvalue weighted by atomic mass is 10.0. The number of hydrogen-bond donors (Lipinski definition) is 0. The van der Waals surface area contributed by atoms with E-state index in [-0.39, 0.29) is 12.1 Å². The van der Waals surface area contributed by atoms with Crippen LogP contribution in [0.3, 0.4) is 0 Å². The Morgan fingerprint density at radius 1 is 1.34 bits per heavy atom. The standard InChI is InChI=1S/C20H24N4O4S/c1-14-18(24-20(29-14)23(2)13-21-24)9-10-22-28-11-15-7-5-6-8-16(15)17(12-26-3)19(25)27-4/h5-8,10,12-13,20H,9,11H2,1-4H3/b17-12+,22-10?. The number of carbonyl (C=O) groups excluding carboxylic acids is 1. The van der Waals surface area contributed by atoms with Crippen LogP contribution in [0.5, 0.6) is 0 Å². The SMILES string of the molecule is CO/C=C(/C(=O)OC)c1ccccc1CON=CCC1=C(C)SC2N(C)C=NN12. The summed E-state index contributed by atoms with van der Waals surface area (Å²) in [5.41, 5.74) is 3.11. The fraction of sp³-hybridized carbons (Fsp3) is 0.350. The zero-order chi connectivity index (χ0) is 20.8.